The molecular formula is C17H22O5. The highest BCUT2D eigenvalue weighted by Gasteiger charge is 2.01. The molecule has 0 radical (unpaired) electrons. The molecule has 0 bridgehead atoms. The van der Waals surface area contributed by atoms with Gasteiger partial charge in [0.15, 0.2) is 0 Å². The monoisotopic (exact) mass is 306 g/mol. The van der Waals surface area contributed by atoms with Crippen LogP contribution in [-0.4, -0.2) is 28.8 Å². The van der Waals surface area contributed by atoms with Crippen LogP contribution in [0.25, 0.3) is 6.08 Å². The van der Waals surface area contributed by atoms with Crippen molar-refractivity contribution in [3.05, 3.63) is 54.3 Å². The number of carbonyl (C=O) groups excluding carboxylic acids is 1. The Morgan fingerprint density at radius 1 is 1.23 bits per heavy atom. The molecule has 0 unspecified atom stereocenters. The van der Waals surface area contributed by atoms with Crippen molar-refractivity contribution in [1.82, 2.24) is 0 Å². The molecule has 0 aromatic heterocycles. The quantitative estimate of drug-likeness (QED) is 0.350. The average molecular weight is 306 g/mol. The summed E-state index contributed by atoms with van der Waals surface area (Å²) in [7, 11) is 0. The van der Waals surface area contributed by atoms with E-state index < -0.39 is 5.97 Å². The Hall–Kier alpha value is -2.40. The van der Waals surface area contributed by atoms with Crippen LogP contribution in [-0.2, 0) is 14.3 Å². The minimum Gasteiger partial charge on any atom is -0.478 e. The van der Waals surface area contributed by atoms with Gasteiger partial charge in [0.05, 0.1) is 6.26 Å². The molecule has 0 heterocycles. The van der Waals surface area contributed by atoms with Crippen LogP contribution < -0.4 is 0 Å². The summed E-state index contributed by atoms with van der Waals surface area (Å²) in [6.45, 7) is 4.83. The predicted octanol–water partition coefficient (Wildman–Crippen LogP) is 3.01. The lowest BCUT2D eigenvalue weighted by molar-refractivity contribution is -0.135. The number of rotatable bonds is 7. The number of ether oxygens (including phenoxy) is 1. The van der Waals surface area contributed by atoms with Gasteiger partial charge in [-0.15, -0.1) is 0 Å². The smallest absolute Gasteiger partial charge is 0.330 e. The van der Waals surface area contributed by atoms with Crippen molar-refractivity contribution in [2.24, 2.45) is 0 Å². The lowest BCUT2D eigenvalue weighted by Gasteiger charge is -1.96. The first kappa shape index (κ1) is 19.6. The summed E-state index contributed by atoms with van der Waals surface area (Å²) < 4.78 is 4.63. The fourth-order valence-corrected chi connectivity index (χ4v) is 1.33. The van der Waals surface area contributed by atoms with Crippen molar-refractivity contribution in [2.75, 3.05) is 6.61 Å². The van der Waals surface area contributed by atoms with Crippen LogP contribution in [0, 0.1) is 0 Å². The molecule has 0 saturated heterocycles. The molecule has 1 rings (SSSR count). The molecule has 22 heavy (non-hydrogen) atoms. The van der Waals surface area contributed by atoms with Crippen LogP contribution in [0.3, 0.4) is 0 Å². The highest BCUT2D eigenvalue weighted by Crippen LogP contribution is 2.04. The van der Waals surface area contributed by atoms with E-state index in [0.717, 1.165) is 5.56 Å². The molecule has 1 aromatic rings. The number of unbranched alkanes of at least 4 members (excludes halogenated alkanes) is 1. The first-order chi connectivity index (χ1) is 10.5. The molecule has 120 valence electrons. The molecule has 2 N–H and O–H groups in total. The first-order valence-corrected chi connectivity index (χ1v) is 6.88. The fourth-order valence-electron chi connectivity index (χ4n) is 1.33. The first-order valence-electron chi connectivity index (χ1n) is 6.88. The van der Waals surface area contributed by atoms with Gasteiger partial charge in [-0.1, -0.05) is 36.9 Å². The maximum Gasteiger partial charge on any atom is 0.330 e. The van der Waals surface area contributed by atoms with Gasteiger partial charge in [0, 0.05) is 19.1 Å². The van der Waals surface area contributed by atoms with Gasteiger partial charge in [-0.05, 0) is 30.9 Å². The van der Waals surface area contributed by atoms with Crippen LogP contribution in [0.15, 0.2) is 48.7 Å². The Labute approximate surface area is 130 Å². The van der Waals surface area contributed by atoms with Crippen molar-refractivity contribution >= 4 is 18.0 Å². The summed E-state index contributed by atoms with van der Waals surface area (Å²) >= 11 is 0. The van der Waals surface area contributed by atoms with Gasteiger partial charge in [0.25, 0.3) is 0 Å². The molecular weight excluding hydrogens is 284 g/mol. The number of aliphatic hydroxyl groups excluding tert-OH is 1. The molecule has 0 spiro atoms. The maximum absolute atomic E-state index is 10.4. The highest BCUT2D eigenvalue weighted by atomic mass is 16.5. The minimum atomic E-state index is -0.946. The summed E-state index contributed by atoms with van der Waals surface area (Å²) in [4.78, 5) is 20.5. The molecule has 5 nitrogen and oxygen atoms in total. The van der Waals surface area contributed by atoms with Crippen molar-refractivity contribution in [3.8, 4) is 0 Å². The minimum absolute atomic E-state index is 0.118. The third-order valence-electron chi connectivity index (χ3n) is 2.48. The third kappa shape index (κ3) is 11.4. The maximum atomic E-state index is 10.4. The average Bonchev–Trinajstić information content (AvgIpc) is 2.48. The van der Waals surface area contributed by atoms with Gasteiger partial charge in [0.2, 0.25) is 0 Å². The second-order valence-electron chi connectivity index (χ2n) is 4.41. The van der Waals surface area contributed by atoms with E-state index in [4.69, 9.17) is 10.2 Å². The lowest BCUT2D eigenvalue weighted by atomic mass is 10.1. The predicted molar refractivity (Wildman–Crippen MR) is 85.0 cm³/mol. The summed E-state index contributed by atoms with van der Waals surface area (Å²) in [5, 5.41) is 16.7. The number of carboxylic acids is 1. The molecule has 0 aliphatic heterocycles. The molecule has 0 aliphatic carbocycles. The molecule has 0 aliphatic rings. The van der Waals surface area contributed by atoms with Gasteiger partial charge in [0.1, 0.15) is 0 Å². The van der Waals surface area contributed by atoms with Gasteiger partial charge >= 0.3 is 11.9 Å². The molecule has 5 heteroatoms. The second kappa shape index (κ2) is 12.3. The Balaban J connectivity index is 0.000000409. The zero-order chi connectivity index (χ0) is 16.8. The van der Waals surface area contributed by atoms with Crippen molar-refractivity contribution in [1.29, 1.82) is 0 Å². The number of aliphatic carboxylic acids is 1. The summed E-state index contributed by atoms with van der Waals surface area (Å²) in [5.74, 6) is -1.25. The molecule has 1 aromatic carbocycles. The van der Waals surface area contributed by atoms with Crippen LogP contribution in [0.4, 0.5) is 0 Å². The van der Waals surface area contributed by atoms with E-state index in [-0.39, 0.29) is 18.1 Å². The van der Waals surface area contributed by atoms with E-state index in [1.54, 1.807) is 6.08 Å². The normalized spacial score (nSPS) is 9.73. The van der Waals surface area contributed by atoms with Crippen molar-refractivity contribution in [3.63, 3.8) is 0 Å². The molecule has 0 amide bonds. The Bertz CT molecular complexity index is 491. The summed E-state index contributed by atoms with van der Waals surface area (Å²) in [5.41, 5.74) is 1.23. The number of hydrogen-bond donors (Lipinski definition) is 2. The van der Waals surface area contributed by atoms with Gasteiger partial charge < -0.3 is 14.9 Å². The number of aliphatic hydroxyl groups is 1. The van der Waals surface area contributed by atoms with Crippen molar-refractivity contribution < 1.29 is 24.5 Å². The van der Waals surface area contributed by atoms with Crippen LogP contribution in [0.2, 0.25) is 0 Å². The van der Waals surface area contributed by atoms with E-state index in [1.807, 2.05) is 30.3 Å². The molecule has 0 atom stereocenters. The van der Waals surface area contributed by atoms with Gasteiger partial charge in [-0.25, -0.2) is 4.79 Å². The summed E-state index contributed by atoms with van der Waals surface area (Å²) in [6, 6.07) is 9.64. The van der Waals surface area contributed by atoms with Crippen LogP contribution >= 0.6 is 0 Å². The number of benzene rings is 1. The number of esters is 1. The molecule has 0 fully saturated rings. The lowest BCUT2D eigenvalue weighted by Crippen LogP contribution is -1.98. The topological polar surface area (TPSA) is 83.8 Å². The SMILES string of the molecule is C=C(CCCCO)C(=O)O.CC(=O)OC=Cc1ccccc1. The van der Waals surface area contributed by atoms with Gasteiger partial charge in [-0.2, -0.15) is 0 Å². The summed E-state index contributed by atoms with van der Waals surface area (Å²) in [6.07, 6.45) is 4.93. The Morgan fingerprint density at radius 2 is 1.86 bits per heavy atom. The zero-order valence-electron chi connectivity index (χ0n) is 12.7. The Morgan fingerprint density at radius 3 is 2.36 bits per heavy atom. The number of carbonyl (C=O) groups is 2. The number of carboxylic acid groups (broad SMARTS) is 1. The van der Waals surface area contributed by atoms with E-state index in [0.29, 0.717) is 19.3 Å². The van der Waals surface area contributed by atoms with Gasteiger partial charge in [-0.3, -0.25) is 4.79 Å². The van der Waals surface area contributed by atoms with E-state index in [2.05, 4.69) is 11.3 Å². The van der Waals surface area contributed by atoms with Crippen molar-refractivity contribution in [2.45, 2.75) is 26.2 Å². The van der Waals surface area contributed by atoms with Crippen LogP contribution in [0.5, 0.6) is 0 Å². The highest BCUT2D eigenvalue weighted by molar-refractivity contribution is 5.85. The second-order valence-corrected chi connectivity index (χ2v) is 4.41. The van der Waals surface area contributed by atoms with E-state index >= 15 is 0 Å². The third-order valence-corrected chi connectivity index (χ3v) is 2.48. The Kier molecular flexibility index (Phi) is 11.0. The number of hydrogen-bond acceptors (Lipinski definition) is 4. The standard InChI is InChI=1S/C10H10O2.C7H12O3/c1-9(11)12-8-7-10-5-3-2-4-6-10;1-6(7(9)10)4-2-3-5-8/h2-8H,1H3;8H,1-5H2,(H,9,10). The van der Waals surface area contributed by atoms with Crippen LogP contribution in [0.1, 0.15) is 31.7 Å². The van der Waals surface area contributed by atoms with E-state index in [1.165, 1.54) is 13.2 Å². The largest absolute Gasteiger partial charge is 0.478 e. The fraction of sp³-hybridized carbons (Fsp3) is 0.294. The van der Waals surface area contributed by atoms with E-state index in [9.17, 15) is 9.59 Å². The zero-order valence-corrected chi connectivity index (χ0v) is 12.7. The molecule has 0 saturated carbocycles.